The van der Waals surface area contributed by atoms with Crippen molar-refractivity contribution >= 4 is 44.1 Å². The maximum atomic E-state index is 6.99. The summed E-state index contributed by atoms with van der Waals surface area (Å²) in [7, 11) is 0. The molecule has 5 heterocycles. The third-order valence-electron chi connectivity index (χ3n) is 15.1. The van der Waals surface area contributed by atoms with Gasteiger partial charge in [-0.1, -0.05) is 119 Å². The summed E-state index contributed by atoms with van der Waals surface area (Å²) >= 11 is 0. The molecule has 0 fully saturated rings. The van der Waals surface area contributed by atoms with Crippen LogP contribution in [-0.2, 0) is 0 Å². The minimum absolute atomic E-state index is 0.390. The molecule has 0 saturated heterocycles. The number of benzene rings is 8. The zero-order valence-corrected chi connectivity index (χ0v) is 46.9. The smallest absolute Gasteiger partial charge is 0.168 e. The molecule has 8 bridgehead atoms. The maximum Gasteiger partial charge on any atom is 0.168 e. The van der Waals surface area contributed by atoms with Crippen molar-refractivity contribution in [3.63, 3.8) is 0 Å². The largest absolute Gasteiger partial charge is 0.456 e. The highest BCUT2D eigenvalue weighted by molar-refractivity contribution is 6.10. The van der Waals surface area contributed by atoms with E-state index in [1.807, 2.05) is 72.8 Å². The lowest BCUT2D eigenvalue weighted by molar-refractivity contribution is 0.476. The van der Waals surface area contributed by atoms with E-state index in [0.29, 0.717) is 90.8 Å². The molecule has 80 heavy (non-hydrogen) atoms. The van der Waals surface area contributed by atoms with Gasteiger partial charge in [-0.25, -0.2) is 29.9 Å². The van der Waals surface area contributed by atoms with Crippen molar-refractivity contribution in [3.05, 3.63) is 188 Å². The highest BCUT2D eigenvalue weighted by Crippen LogP contribution is 2.48. The Balaban J connectivity index is 1.15. The predicted octanol–water partition coefficient (Wildman–Crippen LogP) is 17.7. The molecule has 0 saturated carbocycles. The second-order valence-electron chi connectivity index (χ2n) is 21.6. The molecule has 0 atom stereocenters. The summed E-state index contributed by atoms with van der Waals surface area (Å²) < 4.78 is 27.9. The van der Waals surface area contributed by atoms with Crippen LogP contribution in [0.3, 0.4) is 0 Å². The molecule has 12 heteroatoms. The zero-order chi connectivity index (χ0) is 55.4. The first-order chi connectivity index (χ1) is 38.5. The number of rotatable bonds is 8. The van der Waals surface area contributed by atoms with Crippen molar-refractivity contribution < 1.29 is 18.9 Å². The first-order valence-corrected chi connectivity index (χ1v) is 26.9. The maximum absolute atomic E-state index is 6.99. The standard InChI is InChI=1S/C68H58N8O4/c1-33-25-37(5)57(38(6)26-33)77-49-21-13-17-45-53(49)65-69-61(45)74-66-55-47(19-15-23-51(55)79-59-41(9)29-35(3)30-42(59)10)63(71-66)76-68-56-48(20-16-24-52(56)80-60-43(11)31-36(4)32-44(60)12)64(72-68)75-67-54-46(62(70-67)73-65)18-14-22-50(54)78-58-39(7)27-34(2)28-40(58)8/h13-32H,1-12H3,(H2,69,70,71,72,73,74,75,76). The number of nitrogens with zero attached hydrogens (tertiary/aromatic N) is 6. The van der Waals surface area contributed by atoms with Gasteiger partial charge in [-0.15, -0.1) is 0 Å². The van der Waals surface area contributed by atoms with Gasteiger partial charge in [0, 0.05) is 21.9 Å². The molecule has 3 aromatic heterocycles. The Morgan fingerprint density at radius 3 is 0.887 bits per heavy atom. The Morgan fingerprint density at radius 1 is 0.287 bits per heavy atom. The lowest BCUT2D eigenvalue weighted by Crippen LogP contribution is -1.95. The molecule has 2 aliphatic heterocycles. The molecule has 11 aromatic rings. The van der Waals surface area contributed by atoms with Crippen LogP contribution in [0.5, 0.6) is 46.0 Å². The molecule has 0 aliphatic carbocycles. The zero-order valence-electron chi connectivity index (χ0n) is 46.9. The molecule has 12 nitrogen and oxygen atoms in total. The predicted molar refractivity (Wildman–Crippen MR) is 319 cm³/mol. The van der Waals surface area contributed by atoms with E-state index < -0.39 is 0 Å². The normalized spacial score (nSPS) is 11.8. The second-order valence-corrected chi connectivity index (χ2v) is 21.6. The number of ether oxygens (including phenoxy) is 4. The molecule has 394 valence electrons. The SMILES string of the molecule is Cc1cc(C)c(Oc2cccc3c2-c2nc-3nc3[nH]c(nc4nc(nc5[nH]c(n2)c2cccc(Oc6c(C)cc(C)cc6C)c52)-c2cccc(Oc5c(C)cc(C)cc5C)c2-4)c2cccc(Oc4c(C)cc(C)cc4C)c32)c(C)c1. The second kappa shape index (κ2) is 19.1. The topological polar surface area (TPSA) is 146 Å². The third kappa shape index (κ3) is 8.55. The van der Waals surface area contributed by atoms with E-state index in [1.54, 1.807) is 0 Å². The van der Waals surface area contributed by atoms with Gasteiger partial charge in [-0.2, -0.15) is 0 Å². The molecule has 13 rings (SSSR count). The molecular weight excluding hydrogens is 993 g/mol. The van der Waals surface area contributed by atoms with Crippen LogP contribution in [0.25, 0.3) is 89.7 Å². The van der Waals surface area contributed by atoms with Crippen LogP contribution >= 0.6 is 0 Å². The molecule has 0 amide bonds. The fourth-order valence-electron chi connectivity index (χ4n) is 11.9. The van der Waals surface area contributed by atoms with E-state index >= 15 is 0 Å². The van der Waals surface area contributed by atoms with Crippen molar-refractivity contribution in [1.29, 1.82) is 0 Å². The average Bonchev–Trinajstić information content (AvgIpc) is 4.18. The van der Waals surface area contributed by atoms with E-state index in [1.165, 1.54) is 0 Å². The number of hydrogen-bond donors (Lipinski definition) is 2. The Labute approximate surface area is 463 Å². The van der Waals surface area contributed by atoms with Crippen LogP contribution in [0.15, 0.2) is 121 Å². The quantitative estimate of drug-likeness (QED) is 0.151. The number of nitrogens with one attached hydrogen (secondary N) is 2. The van der Waals surface area contributed by atoms with Gasteiger partial charge in [-0.05, 0) is 152 Å². The van der Waals surface area contributed by atoms with Gasteiger partial charge < -0.3 is 28.9 Å². The summed E-state index contributed by atoms with van der Waals surface area (Å²) in [6.45, 7) is 24.9. The van der Waals surface area contributed by atoms with Gasteiger partial charge in [0.1, 0.15) is 68.6 Å². The van der Waals surface area contributed by atoms with Crippen molar-refractivity contribution in [2.24, 2.45) is 0 Å². The summed E-state index contributed by atoms with van der Waals surface area (Å²) in [5.41, 5.74) is 17.5. The van der Waals surface area contributed by atoms with Crippen molar-refractivity contribution in [1.82, 2.24) is 39.9 Å². The lowest BCUT2D eigenvalue weighted by Gasteiger charge is -2.15. The van der Waals surface area contributed by atoms with Crippen LogP contribution in [0.1, 0.15) is 66.8 Å². The van der Waals surface area contributed by atoms with Crippen LogP contribution in [-0.4, -0.2) is 39.9 Å². The summed E-state index contributed by atoms with van der Waals surface area (Å²) in [5, 5.41) is 2.92. The van der Waals surface area contributed by atoms with Crippen LogP contribution in [0, 0.1) is 83.1 Å². The van der Waals surface area contributed by atoms with E-state index in [9.17, 15) is 0 Å². The first kappa shape index (κ1) is 49.9. The molecule has 2 N–H and O–H groups in total. The fraction of sp³-hybridized carbons (Fsp3) is 0.176. The summed E-state index contributed by atoms with van der Waals surface area (Å²) in [5.74, 6) is 6.99. The Hall–Kier alpha value is -9.68. The van der Waals surface area contributed by atoms with Crippen molar-refractivity contribution in [2.75, 3.05) is 0 Å². The van der Waals surface area contributed by atoms with E-state index in [-0.39, 0.29) is 0 Å². The highest BCUT2D eigenvalue weighted by Gasteiger charge is 2.29. The molecule has 0 spiro atoms. The molecule has 0 unspecified atom stereocenters. The molecule has 8 aromatic carbocycles. The number of fused-ring (bicyclic) bond motifs is 20. The lowest BCUT2D eigenvalue weighted by atomic mass is 10.1. The van der Waals surface area contributed by atoms with Crippen LogP contribution < -0.4 is 18.9 Å². The van der Waals surface area contributed by atoms with Gasteiger partial charge in [0.25, 0.3) is 0 Å². The summed E-state index contributed by atoms with van der Waals surface area (Å²) in [6.07, 6.45) is 0. The minimum Gasteiger partial charge on any atom is -0.456 e. The van der Waals surface area contributed by atoms with Crippen molar-refractivity contribution in [3.8, 4) is 91.5 Å². The number of hydrogen-bond acceptors (Lipinski definition) is 10. The molecule has 0 radical (unpaired) electrons. The Morgan fingerprint density at radius 2 is 0.562 bits per heavy atom. The van der Waals surface area contributed by atoms with Gasteiger partial charge in [0.05, 0.1) is 21.9 Å². The van der Waals surface area contributed by atoms with Gasteiger partial charge in [0.2, 0.25) is 0 Å². The first-order valence-electron chi connectivity index (χ1n) is 26.9. The third-order valence-corrected chi connectivity index (χ3v) is 15.1. The number of H-pyrrole nitrogens is 2. The van der Waals surface area contributed by atoms with E-state index in [0.717, 1.165) is 112 Å². The summed E-state index contributed by atoms with van der Waals surface area (Å²) in [6, 6.07) is 40.8. The highest BCUT2D eigenvalue weighted by atomic mass is 16.5. The Bertz CT molecular complexity index is 4260. The Kier molecular flexibility index (Phi) is 11.9. The van der Waals surface area contributed by atoms with Gasteiger partial charge in [-0.3, -0.25) is 0 Å². The van der Waals surface area contributed by atoms with Crippen LogP contribution in [0.4, 0.5) is 0 Å². The number of aromatic nitrogens is 8. The number of aryl methyl sites for hydroxylation is 12. The van der Waals surface area contributed by atoms with Crippen LogP contribution in [0.2, 0.25) is 0 Å². The van der Waals surface area contributed by atoms with E-state index in [4.69, 9.17) is 48.9 Å². The molecule has 2 aliphatic rings. The summed E-state index contributed by atoms with van der Waals surface area (Å²) in [4.78, 5) is 39.9. The van der Waals surface area contributed by atoms with Gasteiger partial charge in [0.15, 0.2) is 23.3 Å². The fourth-order valence-corrected chi connectivity index (χ4v) is 11.9. The molecular formula is C68H58N8O4. The van der Waals surface area contributed by atoms with E-state index in [2.05, 4.69) is 142 Å². The van der Waals surface area contributed by atoms with Crippen molar-refractivity contribution in [2.45, 2.75) is 83.1 Å². The minimum atomic E-state index is 0.390. The van der Waals surface area contributed by atoms with Gasteiger partial charge >= 0.3 is 0 Å². The monoisotopic (exact) mass is 1050 g/mol. The average molecular weight is 1050 g/mol. The number of aromatic amines is 2.